The molecule has 3 unspecified atom stereocenters. The number of piperazine rings is 1. The summed E-state index contributed by atoms with van der Waals surface area (Å²) in [6.07, 6.45) is 0.129. The molecule has 0 bridgehead atoms. The Hall–Kier alpha value is -1.52. The number of nitrogens with one attached hydrogen (secondary N) is 1. The minimum Gasteiger partial charge on any atom is -0.373 e. The molecule has 1 aromatic carbocycles. The first-order valence-corrected chi connectivity index (χ1v) is 12.5. The van der Waals surface area contributed by atoms with Crippen LogP contribution in [0.1, 0.15) is 27.7 Å². The first-order valence-electron chi connectivity index (χ1n) is 11.1. The SMILES string of the molecule is CC1CN(C(C(=O)Nc2cccc(S(=O)(=O)N3CCN(C)CC3)c2)C(C)C)CC(C)O1. The number of morpholine rings is 1. The zero-order valence-electron chi connectivity index (χ0n) is 19.2. The molecule has 2 aliphatic heterocycles. The van der Waals surface area contributed by atoms with Gasteiger partial charge in [0, 0.05) is 45.0 Å². The molecule has 174 valence electrons. The van der Waals surface area contributed by atoms with Crippen molar-refractivity contribution < 1.29 is 17.9 Å². The number of hydrogen-bond donors (Lipinski definition) is 1. The van der Waals surface area contributed by atoms with Gasteiger partial charge in [-0.15, -0.1) is 0 Å². The first kappa shape index (κ1) is 24.1. The van der Waals surface area contributed by atoms with Crippen LogP contribution in [0.2, 0.25) is 0 Å². The van der Waals surface area contributed by atoms with Crippen LogP contribution in [0.4, 0.5) is 5.69 Å². The lowest BCUT2D eigenvalue weighted by Crippen LogP contribution is -2.55. The van der Waals surface area contributed by atoms with Crippen LogP contribution in [-0.4, -0.2) is 93.0 Å². The standard InChI is InChI=1S/C22H36N4O4S/c1-16(2)21(25-14-17(3)30-18(4)15-25)22(27)23-19-7-6-8-20(13-19)31(28,29)26-11-9-24(5)10-12-26/h6-8,13,16-18,21H,9-12,14-15H2,1-5H3,(H,23,27). The average Bonchev–Trinajstić information content (AvgIpc) is 2.67. The molecule has 0 saturated carbocycles. The number of likely N-dealkylation sites (N-methyl/N-ethyl adjacent to an activating group) is 1. The third-order valence-electron chi connectivity index (χ3n) is 5.94. The Morgan fingerprint density at radius 2 is 1.71 bits per heavy atom. The first-order chi connectivity index (χ1) is 14.6. The van der Waals surface area contributed by atoms with Crippen molar-refractivity contribution in [3.63, 3.8) is 0 Å². The maximum atomic E-state index is 13.2. The topological polar surface area (TPSA) is 82.2 Å². The van der Waals surface area contributed by atoms with Crippen molar-refractivity contribution >= 4 is 21.6 Å². The van der Waals surface area contributed by atoms with E-state index in [1.165, 1.54) is 4.31 Å². The maximum Gasteiger partial charge on any atom is 0.243 e. The Balaban J connectivity index is 1.75. The minimum absolute atomic E-state index is 0.0647. The van der Waals surface area contributed by atoms with Gasteiger partial charge in [-0.3, -0.25) is 9.69 Å². The fraction of sp³-hybridized carbons (Fsp3) is 0.682. The predicted molar refractivity (Wildman–Crippen MR) is 122 cm³/mol. The second kappa shape index (κ2) is 9.95. The summed E-state index contributed by atoms with van der Waals surface area (Å²) in [6.45, 7) is 11.8. The number of nitrogens with zero attached hydrogens (tertiary/aromatic N) is 3. The van der Waals surface area contributed by atoms with Crippen molar-refractivity contribution in [1.82, 2.24) is 14.1 Å². The third kappa shape index (κ3) is 5.84. The van der Waals surface area contributed by atoms with Crippen LogP contribution in [0.3, 0.4) is 0 Å². The van der Waals surface area contributed by atoms with Gasteiger partial charge in [-0.25, -0.2) is 8.42 Å². The summed E-state index contributed by atoms with van der Waals surface area (Å²) in [5.74, 6) is -0.0137. The van der Waals surface area contributed by atoms with E-state index >= 15 is 0 Å². The number of ether oxygens (including phenoxy) is 1. The number of benzene rings is 1. The van der Waals surface area contributed by atoms with Crippen LogP contribution in [-0.2, 0) is 19.6 Å². The second-order valence-corrected chi connectivity index (χ2v) is 11.1. The molecule has 1 amide bonds. The van der Waals surface area contributed by atoms with Crippen molar-refractivity contribution in [3.8, 4) is 0 Å². The number of rotatable bonds is 6. The highest BCUT2D eigenvalue weighted by Gasteiger charge is 2.34. The smallest absolute Gasteiger partial charge is 0.243 e. The van der Waals surface area contributed by atoms with Crippen molar-refractivity contribution in [2.75, 3.05) is 51.6 Å². The molecule has 2 heterocycles. The van der Waals surface area contributed by atoms with Crippen LogP contribution in [0, 0.1) is 5.92 Å². The van der Waals surface area contributed by atoms with E-state index in [0.717, 1.165) is 0 Å². The molecule has 0 radical (unpaired) electrons. The van der Waals surface area contributed by atoms with Crippen molar-refractivity contribution in [1.29, 1.82) is 0 Å². The molecule has 8 nitrogen and oxygen atoms in total. The van der Waals surface area contributed by atoms with Crippen molar-refractivity contribution in [3.05, 3.63) is 24.3 Å². The van der Waals surface area contributed by atoms with Crippen LogP contribution in [0.5, 0.6) is 0 Å². The van der Waals surface area contributed by atoms with E-state index < -0.39 is 10.0 Å². The van der Waals surface area contributed by atoms with Crippen LogP contribution >= 0.6 is 0 Å². The summed E-state index contributed by atoms with van der Waals surface area (Å²) in [5, 5.41) is 2.96. The van der Waals surface area contributed by atoms with E-state index in [-0.39, 0.29) is 35.0 Å². The summed E-state index contributed by atoms with van der Waals surface area (Å²) < 4.78 is 33.5. The van der Waals surface area contributed by atoms with Gasteiger partial charge in [-0.1, -0.05) is 19.9 Å². The highest BCUT2D eigenvalue weighted by molar-refractivity contribution is 7.89. The molecule has 2 aliphatic rings. The summed E-state index contributed by atoms with van der Waals surface area (Å²) in [7, 11) is -1.60. The Morgan fingerprint density at radius 1 is 1.10 bits per heavy atom. The van der Waals surface area contributed by atoms with Crippen molar-refractivity contribution in [2.45, 2.75) is 50.8 Å². The predicted octanol–water partition coefficient (Wildman–Crippen LogP) is 1.70. The van der Waals surface area contributed by atoms with Gasteiger partial charge in [0.05, 0.1) is 23.1 Å². The largest absolute Gasteiger partial charge is 0.373 e. The molecule has 9 heteroatoms. The van der Waals surface area contributed by atoms with Gasteiger partial charge < -0.3 is 15.0 Å². The van der Waals surface area contributed by atoms with Crippen LogP contribution in [0.25, 0.3) is 0 Å². The molecule has 31 heavy (non-hydrogen) atoms. The lowest BCUT2D eigenvalue weighted by Gasteiger charge is -2.41. The maximum absolute atomic E-state index is 13.2. The summed E-state index contributed by atoms with van der Waals surface area (Å²) >= 11 is 0. The Kier molecular flexibility index (Phi) is 7.75. The summed E-state index contributed by atoms with van der Waals surface area (Å²) in [4.78, 5) is 17.7. The van der Waals surface area contributed by atoms with Gasteiger partial charge in [-0.05, 0) is 45.0 Å². The van der Waals surface area contributed by atoms with Gasteiger partial charge in [-0.2, -0.15) is 4.31 Å². The van der Waals surface area contributed by atoms with E-state index in [4.69, 9.17) is 4.74 Å². The summed E-state index contributed by atoms with van der Waals surface area (Å²) in [5.41, 5.74) is 0.500. The minimum atomic E-state index is -3.59. The molecule has 2 saturated heterocycles. The zero-order chi connectivity index (χ0) is 22.8. The van der Waals surface area contributed by atoms with E-state index in [1.54, 1.807) is 24.3 Å². The van der Waals surface area contributed by atoms with Crippen LogP contribution < -0.4 is 5.32 Å². The average molecular weight is 453 g/mol. The Morgan fingerprint density at radius 3 is 2.29 bits per heavy atom. The van der Waals surface area contributed by atoms with E-state index in [0.29, 0.717) is 45.0 Å². The fourth-order valence-corrected chi connectivity index (χ4v) is 5.93. The second-order valence-electron chi connectivity index (χ2n) is 9.12. The van der Waals surface area contributed by atoms with Gasteiger partial charge in [0.15, 0.2) is 0 Å². The lowest BCUT2D eigenvalue weighted by molar-refractivity contribution is -0.130. The van der Waals surface area contributed by atoms with Gasteiger partial charge >= 0.3 is 0 Å². The highest BCUT2D eigenvalue weighted by Crippen LogP contribution is 2.23. The molecule has 0 spiro atoms. The summed E-state index contributed by atoms with van der Waals surface area (Å²) in [6, 6.07) is 6.26. The van der Waals surface area contributed by atoms with E-state index in [2.05, 4.69) is 15.1 Å². The number of carbonyl (C=O) groups excluding carboxylic acids is 1. The fourth-order valence-electron chi connectivity index (χ4n) is 4.46. The quantitative estimate of drug-likeness (QED) is 0.708. The van der Waals surface area contributed by atoms with Crippen molar-refractivity contribution in [2.24, 2.45) is 5.92 Å². The molecule has 2 fully saturated rings. The van der Waals surface area contributed by atoms with Gasteiger partial charge in [0.25, 0.3) is 0 Å². The molecule has 3 rings (SSSR count). The zero-order valence-corrected chi connectivity index (χ0v) is 20.1. The molecular formula is C22H36N4O4S. The number of amides is 1. The lowest BCUT2D eigenvalue weighted by atomic mass is 9.99. The molecule has 3 atom stereocenters. The highest BCUT2D eigenvalue weighted by atomic mass is 32.2. The number of carbonyl (C=O) groups is 1. The van der Waals surface area contributed by atoms with Gasteiger partial charge in [0.2, 0.25) is 15.9 Å². The Bertz CT molecular complexity index is 858. The van der Waals surface area contributed by atoms with E-state index in [1.807, 2.05) is 34.7 Å². The molecule has 1 aromatic rings. The van der Waals surface area contributed by atoms with Gasteiger partial charge in [0.1, 0.15) is 0 Å². The Labute approximate surface area is 186 Å². The number of anilines is 1. The number of hydrogen-bond acceptors (Lipinski definition) is 6. The molecule has 1 N–H and O–H groups in total. The molecular weight excluding hydrogens is 416 g/mol. The monoisotopic (exact) mass is 452 g/mol. The van der Waals surface area contributed by atoms with Crippen LogP contribution in [0.15, 0.2) is 29.2 Å². The normalized spacial score (nSPS) is 25.5. The molecule has 0 aromatic heterocycles. The third-order valence-corrected chi connectivity index (χ3v) is 7.84. The van der Waals surface area contributed by atoms with E-state index in [9.17, 15) is 13.2 Å². The number of sulfonamides is 1. The molecule has 0 aliphatic carbocycles.